The molecule has 0 aliphatic heterocycles. The minimum absolute atomic E-state index is 0.190. The first-order valence-electron chi connectivity index (χ1n) is 10.1. The van der Waals surface area contributed by atoms with Gasteiger partial charge >= 0.3 is 0 Å². The van der Waals surface area contributed by atoms with Gasteiger partial charge in [-0.2, -0.15) is 0 Å². The third-order valence-corrected chi connectivity index (χ3v) is 4.90. The van der Waals surface area contributed by atoms with E-state index in [4.69, 9.17) is 0 Å². The summed E-state index contributed by atoms with van der Waals surface area (Å²) in [4.78, 5) is 0. The Labute approximate surface area is 154 Å². The summed E-state index contributed by atoms with van der Waals surface area (Å²) in [6, 6.07) is 18.0. The molecule has 2 aromatic rings. The summed E-state index contributed by atoms with van der Waals surface area (Å²) in [6.07, 6.45) is 10.7. The zero-order valence-corrected chi connectivity index (χ0v) is 16.0. The van der Waals surface area contributed by atoms with Crippen molar-refractivity contribution >= 4 is 0 Å². The smallest absolute Gasteiger partial charge is 0.0512 e. The molecule has 0 aromatic heterocycles. The zero-order chi connectivity index (χ0) is 17.9. The maximum atomic E-state index is 9.34. The van der Waals surface area contributed by atoms with Crippen molar-refractivity contribution in [3.8, 4) is 11.1 Å². The van der Waals surface area contributed by atoms with Crippen LogP contribution in [0.1, 0.15) is 69.9 Å². The van der Waals surface area contributed by atoms with Gasteiger partial charge in [-0.25, -0.2) is 0 Å². The maximum Gasteiger partial charge on any atom is 0.0512 e. The highest BCUT2D eigenvalue weighted by molar-refractivity contribution is 5.63. The molecule has 0 spiro atoms. The van der Waals surface area contributed by atoms with Gasteiger partial charge in [0.1, 0.15) is 0 Å². The molecule has 0 saturated carbocycles. The van der Waals surface area contributed by atoms with E-state index in [2.05, 4.69) is 55.5 Å². The molecule has 0 heterocycles. The summed E-state index contributed by atoms with van der Waals surface area (Å²) in [5, 5.41) is 9.34. The Morgan fingerprint density at radius 2 is 1.16 bits per heavy atom. The molecule has 0 amide bonds. The molecule has 0 aliphatic carbocycles. The summed E-state index contributed by atoms with van der Waals surface area (Å²) in [7, 11) is 0. The summed E-state index contributed by atoms with van der Waals surface area (Å²) < 4.78 is 0. The molecule has 2 rings (SSSR count). The molecule has 0 saturated heterocycles. The fourth-order valence-electron chi connectivity index (χ4n) is 3.26. The molecule has 0 bridgehead atoms. The molecule has 1 unspecified atom stereocenters. The molecule has 136 valence electrons. The standard InChI is InChI=1S/C24H34O/c1-3-4-5-6-7-10-21-12-16-23(17-13-21)24-18-14-22(15-19-24)11-8-9-20(2)25/h12-20,25H,3-11H2,1-2H3. The number of rotatable bonds is 11. The van der Waals surface area contributed by atoms with E-state index >= 15 is 0 Å². The van der Waals surface area contributed by atoms with Gasteiger partial charge in [0.05, 0.1) is 6.10 Å². The van der Waals surface area contributed by atoms with E-state index in [9.17, 15) is 5.11 Å². The third-order valence-electron chi connectivity index (χ3n) is 4.90. The van der Waals surface area contributed by atoms with Gasteiger partial charge in [0.25, 0.3) is 0 Å². The number of benzene rings is 2. The number of hydrogen-bond donors (Lipinski definition) is 1. The first kappa shape index (κ1) is 19.7. The van der Waals surface area contributed by atoms with Crippen molar-refractivity contribution in [2.45, 2.75) is 77.7 Å². The fraction of sp³-hybridized carbons (Fsp3) is 0.500. The van der Waals surface area contributed by atoms with Crippen LogP contribution >= 0.6 is 0 Å². The lowest BCUT2D eigenvalue weighted by molar-refractivity contribution is 0.182. The predicted octanol–water partition coefficient (Wildman–Crippen LogP) is 6.57. The largest absolute Gasteiger partial charge is 0.393 e. The molecule has 0 fully saturated rings. The summed E-state index contributed by atoms with van der Waals surface area (Å²) in [5.74, 6) is 0. The van der Waals surface area contributed by atoms with E-state index in [0.29, 0.717) is 0 Å². The first-order chi connectivity index (χ1) is 12.2. The Kier molecular flexibility index (Phi) is 8.76. The molecule has 0 radical (unpaired) electrons. The number of aryl methyl sites for hydroxylation is 2. The van der Waals surface area contributed by atoms with Crippen molar-refractivity contribution < 1.29 is 5.11 Å². The van der Waals surface area contributed by atoms with Gasteiger partial charge in [-0.15, -0.1) is 0 Å². The van der Waals surface area contributed by atoms with Crippen LogP contribution < -0.4 is 0 Å². The van der Waals surface area contributed by atoms with Crippen LogP contribution in [0.2, 0.25) is 0 Å². The number of hydrogen-bond acceptors (Lipinski definition) is 1. The highest BCUT2D eigenvalue weighted by Crippen LogP contribution is 2.22. The SMILES string of the molecule is CCCCCCCc1ccc(-c2ccc(CCCC(C)O)cc2)cc1. The predicted molar refractivity (Wildman–Crippen MR) is 109 cm³/mol. The van der Waals surface area contributed by atoms with Crippen molar-refractivity contribution in [3.63, 3.8) is 0 Å². The lowest BCUT2D eigenvalue weighted by atomic mass is 9.99. The van der Waals surface area contributed by atoms with Crippen LogP contribution in [0.25, 0.3) is 11.1 Å². The average Bonchev–Trinajstić information content (AvgIpc) is 2.62. The summed E-state index contributed by atoms with van der Waals surface area (Å²) in [6.45, 7) is 4.12. The number of unbranched alkanes of at least 4 members (excludes halogenated alkanes) is 4. The molecule has 0 aliphatic rings. The first-order valence-corrected chi connectivity index (χ1v) is 10.1. The lowest BCUT2D eigenvalue weighted by Gasteiger charge is -2.07. The van der Waals surface area contributed by atoms with E-state index in [0.717, 1.165) is 19.3 Å². The monoisotopic (exact) mass is 338 g/mol. The molecule has 1 N–H and O–H groups in total. The van der Waals surface area contributed by atoms with Crippen LogP contribution in [0, 0.1) is 0 Å². The zero-order valence-electron chi connectivity index (χ0n) is 16.0. The topological polar surface area (TPSA) is 20.2 Å². The number of aliphatic hydroxyl groups excluding tert-OH is 1. The van der Waals surface area contributed by atoms with Gasteiger partial charge in [0.2, 0.25) is 0 Å². The Morgan fingerprint density at radius 1 is 0.680 bits per heavy atom. The molecule has 25 heavy (non-hydrogen) atoms. The summed E-state index contributed by atoms with van der Waals surface area (Å²) >= 11 is 0. The van der Waals surface area contributed by atoms with Crippen molar-refractivity contribution in [1.29, 1.82) is 0 Å². The molecule has 2 aromatic carbocycles. The third kappa shape index (κ3) is 7.44. The van der Waals surface area contributed by atoms with Crippen LogP contribution in [-0.2, 0) is 12.8 Å². The van der Waals surface area contributed by atoms with Gasteiger partial charge in [0, 0.05) is 0 Å². The van der Waals surface area contributed by atoms with Crippen LogP contribution in [0.4, 0.5) is 0 Å². The van der Waals surface area contributed by atoms with E-state index < -0.39 is 0 Å². The maximum absolute atomic E-state index is 9.34. The van der Waals surface area contributed by atoms with Crippen molar-refractivity contribution in [1.82, 2.24) is 0 Å². The summed E-state index contributed by atoms with van der Waals surface area (Å²) in [5.41, 5.74) is 5.39. The Balaban J connectivity index is 1.82. The van der Waals surface area contributed by atoms with Gasteiger partial charge in [-0.05, 0) is 61.3 Å². The minimum atomic E-state index is -0.190. The lowest BCUT2D eigenvalue weighted by Crippen LogP contribution is -1.99. The van der Waals surface area contributed by atoms with Crippen molar-refractivity contribution in [3.05, 3.63) is 59.7 Å². The molecular weight excluding hydrogens is 304 g/mol. The number of aliphatic hydroxyl groups is 1. The average molecular weight is 339 g/mol. The Morgan fingerprint density at radius 3 is 1.64 bits per heavy atom. The second kappa shape index (κ2) is 11.1. The Hall–Kier alpha value is -1.60. The fourth-order valence-corrected chi connectivity index (χ4v) is 3.26. The Bertz CT molecular complexity index is 580. The normalized spacial score (nSPS) is 12.3. The minimum Gasteiger partial charge on any atom is -0.393 e. The second-order valence-corrected chi connectivity index (χ2v) is 7.30. The van der Waals surface area contributed by atoms with Crippen LogP contribution in [0.3, 0.4) is 0 Å². The molecular formula is C24H34O. The van der Waals surface area contributed by atoms with E-state index in [1.54, 1.807) is 0 Å². The highest BCUT2D eigenvalue weighted by atomic mass is 16.3. The van der Waals surface area contributed by atoms with E-state index in [1.807, 2.05) is 6.92 Å². The highest BCUT2D eigenvalue weighted by Gasteiger charge is 2.01. The second-order valence-electron chi connectivity index (χ2n) is 7.30. The molecule has 1 nitrogen and oxygen atoms in total. The van der Waals surface area contributed by atoms with Gasteiger partial charge < -0.3 is 5.11 Å². The van der Waals surface area contributed by atoms with Crippen LogP contribution in [0.15, 0.2) is 48.5 Å². The van der Waals surface area contributed by atoms with Crippen molar-refractivity contribution in [2.24, 2.45) is 0 Å². The van der Waals surface area contributed by atoms with Gasteiger partial charge in [-0.3, -0.25) is 0 Å². The van der Waals surface area contributed by atoms with Crippen LogP contribution in [0.5, 0.6) is 0 Å². The van der Waals surface area contributed by atoms with Crippen LogP contribution in [-0.4, -0.2) is 11.2 Å². The molecule has 1 atom stereocenters. The van der Waals surface area contributed by atoms with Gasteiger partial charge in [0.15, 0.2) is 0 Å². The van der Waals surface area contributed by atoms with Gasteiger partial charge in [-0.1, -0.05) is 81.1 Å². The van der Waals surface area contributed by atoms with E-state index in [1.165, 1.54) is 60.8 Å². The van der Waals surface area contributed by atoms with Crippen molar-refractivity contribution in [2.75, 3.05) is 0 Å². The van der Waals surface area contributed by atoms with E-state index in [-0.39, 0.29) is 6.10 Å². The quantitative estimate of drug-likeness (QED) is 0.459. The molecule has 1 heteroatoms.